The number of aliphatic hydroxyl groups is 2. The lowest BCUT2D eigenvalue weighted by Crippen LogP contribution is -2.37. The third-order valence-corrected chi connectivity index (χ3v) is 8.87. The number of nitrogens with two attached hydrogens (primary N) is 2. The summed E-state index contributed by atoms with van der Waals surface area (Å²) in [4.78, 5) is 0. The fourth-order valence-corrected chi connectivity index (χ4v) is 6.24. The third kappa shape index (κ3) is 5.65. The van der Waals surface area contributed by atoms with Crippen molar-refractivity contribution < 1.29 is 51.1 Å². The first-order valence-corrected chi connectivity index (χ1v) is 11.5. The van der Waals surface area contributed by atoms with Gasteiger partial charge < -0.3 is 39.8 Å². The summed E-state index contributed by atoms with van der Waals surface area (Å²) in [6.45, 7) is -0.520. The van der Waals surface area contributed by atoms with E-state index in [1.165, 1.54) is 0 Å². The molecule has 0 aromatic heterocycles. The van der Waals surface area contributed by atoms with Gasteiger partial charge in [0.05, 0.1) is 0 Å². The summed E-state index contributed by atoms with van der Waals surface area (Å²) in [6.07, 6.45) is -1.04. The molecule has 26 heavy (non-hydrogen) atoms. The van der Waals surface area contributed by atoms with Crippen LogP contribution in [0.4, 0.5) is 0 Å². The van der Waals surface area contributed by atoms with E-state index in [1.54, 1.807) is 0 Å². The van der Waals surface area contributed by atoms with E-state index in [2.05, 4.69) is 18.1 Å². The van der Waals surface area contributed by atoms with Crippen LogP contribution in [0.2, 0.25) is 0 Å². The Kier molecular flexibility index (Phi) is 10.9. The van der Waals surface area contributed by atoms with Crippen LogP contribution in [0.15, 0.2) is 0 Å². The van der Waals surface area contributed by atoms with Gasteiger partial charge >= 0.3 is 23.4 Å². The first-order valence-electron chi connectivity index (χ1n) is 7.17. The minimum Gasteiger partial charge on any atom is -0.356 e. The zero-order valence-electron chi connectivity index (χ0n) is 14.9. The lowest BCUT2D eigenvalue weighted by Gasteiger charge is -2.35. The Hall–Kier alpha value is 0.290. The summed E-state index contributed by atoms with van der Waals surface area (Å²) in [5.74, 6) is 0. The molecule has 6 N–H and O–H groups in total. The number of hydrogen-bond acceptors (Lipinski definition) is 13. The number of hydrogen-bond donors (Lipinski definition) is 4. The Bertz CT molecular complexity index is 502. The van der Waals surface area contributed by atoms with Gasteiger partial charge in [-0.3, -0.25) is 22.7 Å². The van der Waals surface area contributed by atoms with Crippen molar-refractivity contribution in [1.29, 1.82) is 0 Å². The molecule has 0 aromatic rings. The van der Waals surface area contributed by atoms with E-state index in [-0.39, 0.29) is 13.1 Å². The molecule has 0 aliphatic rings. The van der Waals surface area contributed by atoms with Crippen LogP contribution in [0.3, 0.4) is 0 Å². The molecule has 158 valence electrons. The highest BCUT2D eigenvalue weighted by atomic mass is 31.2. The van der Waals surface area contributed by atoms with Crippen LogP contribution >= 0.6 is 23.4 Å². The first kappa shape index (κ1) is 26.3. The van der Waals surface area contributed by atoms with Gasteiger partial charge in [-0.05, 0) is 13.1 Å². The van der Waals surface area contributed by atoms with E-state index in [4.69, 9.17) is 20.5 Å². The van der Waals surface area contributed by atoms with Crippen molar-refractivity contribution in [2.24, 2.45) is 11.5 Å². The summed E-state index contributed by atoms with van der Waals surface area (Å²) in [5.41, 5.74) is 5.15. The minimum absolute atomic E-state index is 0.260. The Balaban J connectivity index is 5.69. The van der Waals surface area contributed by atoms with Crippen LogP contribution in [0.25, 0.3) is 0 Å². The van der Waals surface area contributed by atoms with Crippen molar-refractivity contribution in [3.63, 3.8) is 0 Å². The highest BCUT2D eigenvalue weighted by Crippen LogP contribution is 2.65. The maximum atomic E-state index is 12.5. The molecule has 16 heteroatoms. The van der Waals surface area contributed by atoms with Crippen molar-refractivity contribution >= 4 is 23.4 Å². The Morgan fingerprint density at radius 1 is 0.808 bits per heavy atom. The van der Waals surface area contributed by atoms with Gasteiger partial charge in [-0.1, -0.05) is 0 Å². The maximum absolute atomic E-state index is 12.5. The monoisotopic (exact) mass is 444 g/mol. The highest BCUT2D eigenvalue weighted by Gasteiger charge is 2.55. The molecule has 0 aromatic carbocycles. The Labute approximate surface area is 152 Å². The molecule has 2 unspecified atom stereocenters. The second kappa shape index (κ2) is 10.7. The quantitative estimate of drug-likeness (QED) is 0.212. The summed E-state index contributed by atoms with van der Waals surface area (Å²) in [6, 6.07) is 0. The predicted octanol–water partition coefficient (Wildman–Crippen LogP) is 0.371. The zero-order chi connectivity index (χ0) is 20.6. The second-order valence-corrected chi connectivity index (χ2v) is 10.5. The van der Waals surface area contributed by atoms with Crippen LogP contribution in [-0.4, -0.2) is 62.8 Å². The molecule has 0 bridgehead atoms. The van der Waals surface area contributed by atoms with Crippen molar-refractivity contribution in [2.75, 3.05) is 41.5 Å². The second-order valence-electron chi connectivity index (χ2n) is 4.74. The van der Waals surface area contributed by atoms with Gasteiger partial charge in [-0.25, -0.2) is 0 Å². The molecule has 0 fully saturated rings. The van der Waals surface area contributed by atoms with Crippen LogP contribution in [0.5, 0.6) is 0 Å². The van der Waals surface area contributed by atoms with Crippen molar-refractivity contribution in [1.82, 2.24) is 0 Å². The first-order chi connectivity index (χ1) is 12.0. The summed E-state index contributed by atoms with van der Waals surface area (Å²) < 4.78 is 65.3. The van der Waals surface area contributed by atoms with E-state index in [0.29, 0.717) is 0 Å². The topological polar surface area (TPSA) is 199 Å². The molecule has 0 saturated heterocycles. The van der Waals surface area contributed by atoms with Crippen LogP contribution in [0.1, 0.15) is 12.8 Å². The van der Waals surface area contributed by atoms with Gasteiger partial charge in [0.2, 0.25) is 0 Å². The fourth-order valence-electron chi connectivity index (χ4n) is 1.87. The molecule has 0 heterocycles. The lowest BCUT2D eigenvalue weighted by atomic mass is 10.4. The maximum Gasteiger partial charge on any atom is 0.389 e. The van der Waals surface area contributed by atoms with Crippen molar-refractivity contribution in [2.45, 2.75) is 23.9 Å². The average Bonchev–Trinajstić information content (AvgIpc) is 2.59. The van der Waals surface area contributed by atoms with Gasteiger partial charge in [0, 0.05) is 41.3 Å². The van der Waals surface area contributed by atoms with Crippen LogP contribution in [-0.2, 0) is 40.8 Å². The molecule has 2 atom stereocenters. The molecule has 13 nitrogen and oxygen atoms in total. The normalized spacial score (nSPS) is 18.9. The van der Waals surface area contributed by atoms with Gasteiger partial charge in [-0.15, -0.1) is 0 Å². The predicted molar refractivity (Wildman–Crippen MR) is 91.7 cm³/mol. The van der Waals surface area contributed by atoms with Crippen molar-refractivity contribution in [3.8, 4) is 0 Å². The molecule has 0 aliphatic carbocycles. The molecular formula is C10H27N2O11P3. The summed E-state index contributed by atoms with van der Waals surface area (Å²) >= 11 is 0. The van der Waals surface area contributed by atoms with Gasteiger partial charge in [0.25, 0.3) is 11.1 Å². The lowest BCUT2D eigenvalue weighted by molar-refractivity contribution is -0.124. The minimum atomic E-state index is -4.35. The van der Waals surface area contributed by atoms with E-state index in [1.807, 2.05) is 0 Å². The van der Waals surface area contributed by atoms with Gasteiger partial charge in [0.15, 0.2) is 0 Å². The highest BCUT2D eigenvalue weighted by molar-refractivity contribution is 7.56. The van der Waals surface area contributed by atoms with E-state index in [9.17, 15) is 23.9 Å². The molecule has 0 aliphatic heterocycles. The Morgan fingerprint density at radius 2 is 1.08 bits per heavy atom. The van der Waals surface area contributed by atoms with E-state index >= 15 is 0 Å². The smallest absolute Gasteiger partial charge is 0.356 e. The Morgan fingerprint density at radius 3 is 1.27 bits per heavy atom. The third-order valence-electron chi connectivity index (χ3n) is 3.25. The largest absolute Gasteiger partial charge is 0.389 e. The van der Waals surface area contributed by atoms with Crippen molar-refractivity contribution in [3.05, 3.63) is 0 Å². The fraction of sp³-hybridized carbons (Fsp3) is 1.00. The average molecular weight is 444 g/mol. The molecule has 0 radical (unpaired) electrons. The molecule has 0 rings (SSSR count). The summed E-state index contributed by atoms with van der Waals surface area (Å²) in [7, 11) is -8.73. The zero-order valence-corrected chi connectivity index (χ0v) is 17.7. The number of rotatable bonds is 14. The molecular weight excluding hydrogens is 417 g/mol. The SMILES string of the molecule is COP(=O)(OC)C(O)(CCN)O[PH](=O)OC(O)(CCN)P(=O)(OC)OC. The van der Waals surface area contributed by atoms with Gasteiger partial charge in [-0.2, -0.15) is 0 Å². The summed E-state index contributed by atoms with van der Waals surface area (Å²) in [5, 5.41) is 20.9. The molecule has 0 amide bonds. The molecule has 0 spiro atoms. The van der Waals surface area contributed by atoms with E-state index < -0.39 is 47.3 Å². The molecule has 0 saturated carbocycles. The van der Waals surface area contributed by atoms with Crippen LogP contribution in [0, 0.1) is 0 Å². The van der Waals surface area contributed by atoms with Gasteiger partial charge in [0.1, 0.15) is 0 Å². The van der Waals surface area contributed by atoms with E-state index in [0.717, 1.165) is 28.4 Å². The standard InChI is InChI=1S/C10H27N2O11P3/c1-18-25(16,19-2)9(13,5-7-11)22-24(15)23-10(14,6-8-12)26(17,20-3)21-4/h13-14,24H,5-8,11-12H2,1-4H3. The van der Waals surface area contributed by atoms with Crippen LogP contribution < -0.4 is 11.5 Å².